The van der Waals surface area contributed by atoms with E-state index in [1.54, 1.807) is 18.2 Å². The average molecular weight is 381 g/mol. The van der Waals surface area contributed by atoms with E-state index in [-0.39, 0.29) is 19.1 Å². The lowest BCUT2D eigenvalue weighted by atomic mass is 10.1. The van der Waals surface area contributed by atoms with Crippen molar-refractivity contribution in [2.45, 2.75) is 20.8 Å². The first-order chi connectivity index (χ1) is 13.4. The van der Waals surface area contributed by atoms with Crippen molar-refractivity contribution in [3.8, 4) is 17.6 Å². The number of hydrogen-bond donors (Lipinski definition) is 2. The minimum Gasteiger partial charge on any atom is -0.490 e. The number of aryl methyl sites for hydroxylation is 1. The molecule has 0 saturated carbocycles. The Bertz CT molecular complexity index is 903. The number of anilines is 1. The minimum atomic E-state index is -0.442. The van der Waals surface area contributed by atoms with Crippen molar-refractivity contribution in [1.29, 1.82) is 5.26 Å². The summed E-state index contributed by atoms with van der Waals surface area (Å²) in [4.78, 5) is 24.0. The molecule has 0 bridgehead atoms. The van der Waals surface area contributed by atoms with Gasteiger partial charge in [-0.05, 0) is 50.1 Å². The lowest BCUT2D eigenvalue weighted by Crippen LogP contribution is -2.35. The van der Waals surface area contributed by atoms with Gasteiger partial charge in [0.25, 0.3) is 5.91 Å². The Labute approximate surface area is 164 Å². The SMILES string of the molecule is CCOc1cc(C#N)ccc1OCC(=O)NCC(=O)Nc1cccc(C)c1C. The molecule has 2 aromatic rings. The first-order valence-corrected chi connectivity index (χ1v) is 8.87. The Morgan fingerprint density at radius 2 is 1.86 bits per heavy atom. The van der Waals surface area contributed by atoms with Gasteiger partial charge < -0.3 is 20.1 Å². The van der Waals surface area contributed by atoms with Crippen LogP contribution in [-0.2, 0) is 9.59 Å². The molecule has 146 valence electrons. The predicted octanol–water partition coefficient (Wildman–Crippen LogP) is 2.71. The maximum Gasteiger partial charge on any atom is 0.258 e. The summed E-state index contributed by atoms with van der Waals surface area (Å²) < 4.78 is 10.9. The van der Waals surface area contributed by atoms with Crippen LogP contribution in [0.5, 0.6) is 11.5 Å². The molecule has 2 aromatic carbocycles. The summed E-state index contributed by atoms with van der Waals surface area (Å²) >= 11 is 0. The van der Waals surface area contributed by atoms with E-state index in [0.29, 0.717) is 23.7 Å². The van der Waals surface area contributed by atoms with Crippen molar-refractivity contribution in [3.05, 3.63) is 53.1 Å². The van der Waals surface area contributed by atoms with Crippen LogP contribution in [0.4, 0.5) is 5.69 Å². The zero-order valence-corrected chi connectivity index (χ0v) is 16.2. The highest BCUT2D eigenvalue weighted by atomic mass is 16.5. The van der Waals surface area contributed by atoms with Crippen molar-refractivity contribution in [2.24, 2.45) is 0 Å². The van der Waals surface area contributed by atoms with E-state index in [2.05, 4.69) is 10.6 Å². The molecule has 0 unspecified atom stereocenters. The summed E-state index contributed by atoms with van der Waals surface area (Å²) in [6.07, 6.45) is 0. The molecule has 0 atom stereocenters. The molecule has 0 radical (unpaired) electrons. The molecule has 0 aliphatic carbocycles. The van der Waals surface area contributed by atoms with E-state index in [1.807, 2.05) is 45.0 Å². The molecule has 28 heavy (non-hydrogen) atoms. The number of nitrogens with one attached hydrogen (secondary N) is 2. The molecule has 2 rings (SSSR count). The minimum absolute atomic E-state index is 0.165. The number of nitrogens with zero attached hydrogens (tertiary/aromatic N) is 1. The first-order valence-electron chi connectivity index (χ1n) is 8.87. The van der Waals surface area contributed by atoms with Crippen LogP contribution in [0.25, 0.3) is 0 Å². The molecule has 0 spiro atoms. The van der Waals surface area contributed by atoms with Crippen molar-refractivity contribution in [1.82, 2.24) is 5.32 Å². The molecule has 2 amide bonds. The van der Waals surface area contributed by atoms with Crippen LogP contribution >= 0.6 is 0 Å². The number of carbonyl (C=O) groups is 2. The van der Waals surface area contributed by atoms with Crippen LogP contribution in [0, 0.1) is 25.2 Å². The van der Waals surface area contributed by atoms with E-state index < -0.39 is 5.91 Å². The quantitative estimate of drug-likeness (QED) is 0.732. The fraction of sp³-hybridized carbons (Fsp3) is 0.286. The van der Waals surface area contributed by atoms with Crippen LogP contribution in [-0.4, -0.2) is 31.6 Å². The molecule has 0 fully saturated rings. The van der Waals surface area contributed by atoms with Gasteiger partial charge in [0.05, 0.1) is 24.8 Å². The van der Waals surface area contributed by atoms with E-state index in [0.717, 1.165) is 16.8 Å². The first kappa shape index (κ1) is 20.8. The normalized spacial score (nSPS) is 9.93. The van der Waals surface area contributed by atoms with Gasteiger partial charge in [-0.1, -0.05) is 12.1 Å². The van der Waals surface area contributed by atoms with Crippen LogP contribution in [0.2, 0.25) is 0 Å². The van der Waals surface area contributed by atoms with Crippen molar-refractivity contribution < 1.29 is 19.1 Å². The second kappa shape index (κ2) is 9.97. The van der Waals surface area contributed by atoms with Gasteiger partial charge in [-0.25, -0.2) is 0 Å². The Morgan fingerprint density at radius 3 is 2.57 bits per heavy atom. The van der Waals surface area contributed by atoms with Gasteiger partial charge in [0.15, 0.2) is 18.1 Å². The summed E-state index contributed by atoms with van der Waals surface area (Å²) in [6.45, 7) is 5.65. The van der Waals surface area contributed by atoms with Gasteiger partial charge in [-0.3, -0.25) is 9.59 Å². The van der Waals surface area contributed by atoms with Crippen molar-refractivity contribution >= 4 is 17.5 Å². The topological polar surface area (TPSA) is 100 Å². The summed E-state index contributed by atoms with van der Waals surface area (Å²) in [7, 11) is 0. The van der Waals surface area contributed by atoms with Gasteiger partial charge in [0.2, 0.25) is 5.91 Å². The van der Waals surface area contributed by atoms with Gasteiger partial charge in [-0.15, -0.1) is 0 Å². The largest absolute Gasteiger partial charge is 0.490 e. The van der Waals surface area contributed by atoms with E-state index >= 15 is 0 Å². The second-order valence-electron chi connectivity index (χ2n) is 6.07. The van der Waals surface area contributed by atoms with E-state index in [1.165, 1.54) is 0 Å². The maximum absolute atomic E-state index is 12.0. The summed E-state index contributed by atoms with van der Waals surface area (Å²) in [5.41, 5.74) is 3.20. The highest BCUT2D eigenvalue weighted by Gasteiger charge is 2.11. The summed E-state index contributed by atoms with van der Waals surface area (Å²) in [6, 6.07) is 12.4. The van der Waals surface area contributed by atoms with Crippen LogP contribution in [0.15, 0.2) is 36.4 Å². The molecule has 7 nitrogen and oxygen atoms in total. The number of carbonyl (C=O) groups excluding carboxylic acids is 2. The van der Waals surface area contributed by atoms with Crippen molar-refractivity contribution in [3.63, 3.8) is 0 Å². The highest BCUT2D eigenvalue weighted by Crippen LogP contribution is 2.28. The molecule has 0 aliphatic rings. The highest BCUT2D eigenvalue weighted by molar-refractivity contribution is 5.95. The number of benzene rings is 2. The molecule has 0 saturated heterocycles. The molecule has 7 heteroatoms. The Hall–Kier alpha value is -3.53. The number of rotatable bonds is 8. The molecule has 0 heterocycles. The third kappa shape index (κ3) is 5.74. The molecular weight excluding hydrogens is 358 g/mol. The van der Waals surface area contributed by atoms with Gasteiger partial charge >= 0.3 is 0 Å². The summed E-state index contributed by atoms with van der Waals surface area (Å²) in [5, 5.41) is 14.2. The lowest BCUT2D eigenvalue weighted by Gasteiger charge is -2.13. The number of hydrogen-bond acceptors (Lipinski definition) is 5. The average Bonchev–Trinajstić information content (AvgIpc) is 2.69. The fourth-order valence-electron chi connectivity index (χ4n) is 2.42. The smallest absolute Gasteiger partial charge is 0.258 e. The lowest BCUT2D eigenvalue weighted by molar-refractivity contribution is -0.125. The number of ether oxygens (including phenoxy) is 2. The van der Waals surface area contributed by atoms with E-state index in [4.69, 9.17) is 14.7 Å². The fourth-order valence-corrected chi connectivity index (χ4v) is 2.42. The van der Waals surface area contributed by atoms with Crippen LogP contribution in [0.3, 0.4) is 0 Å². The second-order valence-corrected chi connectivity index (χ2v) is 6.07. The number of nitriles is 1. The molecule has 0 aliphatic heterocycles. The zero-order chi connectivity index (χ0) is 20.5. The maximum atomic E-state index is 12.0. The molecule has 0 aromatic heterocycles. The van der Waals surface area contributed by atoms with Crippen molar-refractivity contribution in [2.75, 3.05) is 25.1 Å². The van der Waals surface area contributed by atoms with Gasteiger partial charge in [0, 0.05) is 11.8 Å². The Morgan fingerprint density at radius 1 is 1.07 bits per heavy atom. The third-order valence-corrected chi connectivity index (χ3v) is 4.06. The van der Waals surface area contributed by atoms with E-state index in [9.17, 15) is 9.59 Å². The molecule has 2 N–H and O–H groups in total. The zero-order valence-electron chi connectivity index (χ0n) is 16.2. The van der Waals surface area contributed by atoms with Gasteiger partial charge in [-0.2, -0.15) is 5.26 Å². The van der Waals surface area contributed by atoms with Gasteiger partial charge in [0.1, 0.15) is 0 Å². The monoisotopic (exact) mass is 381 g/mol. The molecular formula is C21H23N3O4. The third-order valence-electron chi connectivity index (χ3n) is 4.06. The Kier molecular flexibility index (Phi) is 7.40. The summed E-state index contributed by atoms with van der Waals surface area (Å²) in [5.74, 6) is -0.0174. The van der Waals surface area contributed by atoms with Crippen LogP contribution in [0.1, 0.15) is 23.6 Å². The Balaban J connectivity index is 1.85. The number of amides is 2. The van der Waals surface area contributed by atoms with Crippen LogP contribution < -0.4 is 20.1 Å². The predicted molar refractivity (Wildman–Crippen MR) is 105 cm³/mol. The standard InChI is InChI=1S/C21H23N3O4/c1-4-27-19-10-16(11-22)8-9-18(19)28-13-21(26)23-12-20(25)24-17-7-5-6-14(2)15(17)3/h5-10H,4,12-13H2,1-3H3,(H,23,26)(H,24,25).